The molecule has 0 aromatic heterocycles. The molecule has 1 aliphatic rings. The SMILES string of the molecule is CCOC1CCC(Nc2cccc(F)c2C)CC1. The number of benzene rings is 1. The van der Waals surface area contributed by atoms with Crippen LogP contribution in [0.25, 0.3) is 0 Å². The molecule has 0 amide bonds. The van der Waals surface area contributed by atoms with E-state index in [1.165, 1.54) is 6.07 Å². The minimum atomic E-state index is -0.136. The summed E-state index contributed by atoms with van der Waals surface area (Å²) in [6.07, 6.45) is 4.81. The van der Waals surface area contributed by atoms with Crippen molar-refractivity contribution in [3.05, 3.63) is 29.6 Å². The number of rotatable bonds is 4. The Morgan fingerprint density at radius 1 is 1.28 bits per heavy atom. The highest BCUT2D eigenvalue weighted by atomic mass is 19.1. The van der Waals surface area contributed by atoms with Gasteiger partial charge in [-0.05, 0) is 51.7 Å². The molecule has 1 saturated carbocycles. The van der Waals surface area contributed by atoms with Crippen LogP contribution in [0.4, 0.5) is 10.1 Å². The van der Waals surface area contributed by atoms with E-state index in [1.807, 2.05) is 19.9 Å². The van der Waals surface area contributed by atoms with Gasteiger partial charge in [0.1, 0.15) is 5.82 Å². The molecule has 0 spiro atoms. The van der Waals surface area contributed by atoms with E-state index < -0.39 is 0 Å². The molecule has 0 bridgehead atoms. The second-order valence-corrected chi connectivity index (χ2v) is 4.99. The Bertz CT molecular complexity index is 386. The largest absolute Gasteiger partial charge is 0.382 e. The minimum Gasteiger partial charge on any atom is -0.382 e. The Labute approximate surface area is 109 Å². The summed E-state index contributed by atoms with van der Waals surface area (Å²) in [6.45, 7) is 4.66. The van der Waals surface area contributed by atoms with Crippen LogP contribution in [0.3, 0.4) is 0 Å². The molecule has 0 radical (unpaired) electrons. The highest BCUT2D eigenvalue weighted by Gasteiger charge is 2.21. The van der Waals surface area contributed by atoms with Crippen LogP contribution in [0.5, 0.6) is 0 Å². The standard InChI is InChI=1S/C15H22FNO/c1-3-18-13-9-7-12(8-10-13)17-15-6-4-5-14(16)11(15)2/h4-6,12-13,17H,3,7-10H2,1-2H3. The summed E-state index contributed by atoms with van der Waals surface area (Å²) in [6, 6.07) is 5.66. The van der Waals surface area contributed by atoms with Crippen molar-refractivity contribution in [2.45, 2.75) is 51.7 Å². The summed E-state index contributed by atoms with van der Waals surface area (Å²) >= 11 is 0. The lowest BCUT2D eigenvalue weighted by molar-refractivity contribution is 0.0346. The second-order valence-electron chi connectivity index (χ2n) is 4.99. The first-order valence-corrected chi connectivity index (χ1v) is 6.84. The average molecular weight is 251 g/mol. The van der Waals surface area contributed by atoms with Gasteiger partial charge in [-0.3, -0.25) is 0 Å². The van der Waals surface area contributed by atoms with E-state index >= 15 is 0 Å². The van der Waals surface area contributed by atoms with Crippen LogP contribution >= 0.6 is 0 Å². The molecule has 0 saturated heterocycles. The Balaban J connectivity index is 1.90. The minimum absolute atomic E-state index is 0.136. The third kappa shape index (κ3) is 3.22. The average Bonchev–Trinajstić information content (AvgIpc) is 2.38. The van der Waals surface area contributed by atoms with E-state index in [9.17, 15) is 4.39 Å². The molecule has 1 fully saturated rings. The molecule has 0 atom stereocenters. The summed E-state index contributed by atoms with van der Waals surface area (Å²) in [7, 11) is 0. The van der Waals surface area contributed by atoms with Crippen LogP contribution in [0.2, 0.25) is 0 Å². The van der Waals surface area contributed by atoms with Gasteiger partial charge in [0.2, 0.25) is 0 Å². The zero-order valence-electron chi connectivity index (χ0n) is 11.2. The molecule has 0 heterocycles. The summed E-state index contributed by atoms with van der Waals surface area (Å²) < 4.78 is 19.1. The topological polar surface area (TPSA) is 21.3 Å². The van der Waals surface area contributed by atoms with Gasteiger partial charge < -0.3 is 10.1 Å². The molecule has 1 N–H and O–H groups in total. The van der Waals surface area contributed by atoms with Gasteiger partial charge in [0.25, 0.3) is 0 Å². The zero-order chi connectivity index (χ0) is 13.0. The smallest absolute Gasteiger partial charge is 0.128 e. The van der Waals surface area contributed by atoms with Gasteiger partial charge in [0, 0.05) is 23.9 Å². The molecule has 0 aliphatic heterocycles. The van der Waals surface area contributed by atoms with Crippen molar-refractivity contribution in [3.63, 3.8) is 0 Å². The van der Waals surface area contributed by atoms with Crippen molar-refractivity contribution in [2.24, 2.45) is 0 Å². The van der Waals surface area contributed by atoms with E-state index in [4.69, 9.17) is 4.74 Å². The van der Waals surface area contributed by atoms with Crippen molar-refractivity contribution in [1.82, 2.24) is 0 Å². The Kier molecular flexibility index (Phi) is 4.59. The van der Waals surface area contributed by atoms with E-state index in [2.05, 4.69) is 5.32 Å². The normalized spacial score (nSPS) is 23.9. The second kappa shape index (κ2) is 6.19. The Hall–Kier alpha value is -1.09. The van der Waals surface area contributed by atoms with Gasteiger partial charge in [0.05, 0.1) is 6.10 Å². The molecule has 1 aromatic rings. The van der Waals surface area contributed by atoms with Crippen LogP contribution in [0.15, 0.2) is 18.2 Å². The molecular weight excluding hydrogens is 229 g/mol. The summed E-state index contributed by atoms with van der Waals surface area (Å²) in [5.74, 6) is -0.136. The van der Waals surface area contributed by atoms with Gasteiger partial charge in [-0.25, -0.2) is 4.39 Å². The fraction of sp³-hybridized carbons (Fsp3) is 0.600. The summed E-state index contributed by atoms with van der Waals surface area (Å²) in [5, 5.41) is 3.46. The van der Waals surface area contributed by atoms with Gasteiger partial charge in [-0.1, -0.05) is 6.07 Å². The lowest BCUT2D eigenvalue weighted by Gasteiger charge is -2.30. The molecule has 2 nitrogen and oxygen atoms in total. The predicted octanol–water partition coefficient (Wildman–Crippen LogP) is 3.89. The number of hydrogen-bond acceptors (Lipinski definition) is 2. The van der Waals surface area contributed by atoms with Crippen molar-refractivity contribution in [3.8, 4) is 0 Å². The first kappa shape index (κ1) is 13.3. The number of nitrogens with one attached hydrogen (secondary N) is 1. The molecule has 0 unspecified atom stereocenters. The number of anilines is 1. The van der Waals surface area contributed by atoms with Crippen LogP contribution < -0.4 is 5.32 Å². The molecule has 1 aromatic carbocycles. The van der Waals surface area contributed by atoms with Gasteiger partial charge >= 0.3 is 0 Å². The maximum Gasteiger partial charge on any atom is 0.128 e. The molecule has 100 valence electrons. The first-order valence-electron chi connectivity index (χ1n) is 6.84. The zero-order valence-corrected chi connectivity index (χ0v) is 11.2. The maximum atomic E-state index is 13.4. The van der Waals surface area contributed by atoms with Gasteiger partial charge in [-0.2, -0.15) is 0 Å². The third-order valence-corrected chi connectivity index (χ3v) is 3.70. The quantitative estimate of drug-likeness (QED) is 0.876. The lowest BCUT2D eigenvalue weighted by Crippen LogP contribution is -2.30. The van der Waals surface area contributed by atoms with Crippen molar-refractivity contribution in [2.75, 3.05) is 11.9 Å². The van der Waals surface area contributed by atoms with E-state index in [0.29, 0.717) is 17.7 Å². The Morgan fingerprint density at radius 3 is 2.67 bits per heavy atom. The highest BCUT2D eigenvalue weighted by molar-refractivity contribution is 5.51. The monoisotopic (exact) mass is 251 g/mol. The maximum absolute atomic E-state index is 13.4. The van der Waals surface area contributed by atoms with Crippen LogP contribution in [-0.2, 0) is 4.74 Å². The van der Waals surface area contributed by atoms with Crippen LogP contribution in [0.1, 0.15) is 38.2 Å². The van der Waals surface area contributed by atoms with Crippen LogP contribution in [0, 0.1) is 12.7 Å². The number of ether oxygens (including phenoxy) is 1. The molecule has 18 heavy (non-hydrogen) atoms. The van der Waals surface area contributed by atoms with Crippen molar-refractivity contribution >= 4 is 5.69 Å². The third-order valence-electron chi connectivity index (χ3n) is 3.70. The molecule has 2 rings (SSSR count). The molecular formula is C15H22FNO. The summed E-state index contributed by atoms with van der Waals surface area (Å²) in [4.78, 5) is 0. The van der Waals surface area contributed by atoms with E-state index in [0.717, 1.165) is 38.0 Å². The van der Waals surface area contributed by atoms with Crippen molar-refractivity contribution in [1.29, 1.82) is 0 Å². The fourth-order valence-corrected chi connectivity index (χ4v) is 2.59. The predicted molar refractivity (Wildman–Crippen MR) is 72.4 cm³/mol. The number of halogens is 1. The Morgan fingerprint density at radius 2 is 2.00 bits per heavy atom. The van der Waals surface area contributed by atoms with Crippen LogP contribution in [-0.4, -0.2) is 18.8 Å². The highest BCUT2D eigenvalue weighted by Crippen LogP contribution is 2.26. The van der Waals surface area contributed by atoms with E-state index in [1.54, 1.807) is 6.07 Å². The lowest BCUT2D eigenvalue weighted by atomic mass is 9.92. The first-order chi connectivity index (χ1) is 8.70. The van der Waals surface area contributed by atoms with Gasteiger partial charge in [0.15, 0.2) is 0 Å². The summed E-state index contributed by atoms with van der Waals surface area (Å²) in [5.41, 5.74) is 1.64. The fourth-order valence-electron chi connectivity index (χ4n) is 2.59. The molecule has 1 aliphatic carbocycles. The molecule has 3 heteroatoms. The van der Waals surface area contributed by atoms with Gasteiger partial charge in [-0.15, -0.1) is 0 Å². The van der Waals surface area contributed by atoms with Crippen molar-refractivity contribution < 1.29 is 9.13 Å². The number of hydrogen-bond donors (Lipinski definition) is 1. The van der Waals surface area contributed by atoms with E-state index in [-0.39, 0.29) is 5.82 Å².